The van der Waals surface area contributed by atoms with Crippen molar-refractivity contribution >= 4 is 11.9 Å². The number of unbranched alkanes of at least 4 members (excludes halogenated alkanes) is 31. The highest BCUT2D eigenvalue weighted by molar-refractivity contribution is 5.70. The lowest BCUT2D eigenvalue weighted by atomic mass is 10.0. The van der Waals surface area contributed by atoms with Crippen molar-refractivity contribution < 1.29 is 23.8 Å². The van der Waals surface area contributed by atoms with E-state index in [1.54, 1.807) is 0 Å². The van der Waals surface area contributed by atoms with E-state index in [1.807, 2.05) is 0 Å². The van der Waals surface area contributed by atoms with Gasteiger partial charge in [-0.05, 0) is 64.2 Å². The monoisotopic (exact) mass is 949 g/mol. The minimum absolute atomic E-state index is 0.0649. The fourth-order valence-electron chi connectivity index (χ4n) is 8.41. The normalized spacial score (nSPS) is 12.7. The number of ether oxygens (including phenoxy) is 3. The van der Waals surface area contributed by atoms with Crippen molar-refractivity contribution in [3.05, 3.63) is 72.9 Å². The number of carbonyl (C=O) groups is 2. The highest BCUT2D eigenvalue weighted by Crippen LogP contribution is 2.17. The topological polar surface area (TPSA) is 61.8 Å². The van der Waals surface area contributed by atoms with Gasteiger partial charge in [0.15, 0.2) is 6.10 Å². The van der Waals surface area contributed by atoms with Crippen LogP contribution in [-0.2, 0) is 23.8 Å². The molecule has 1 unspecified atom stereocenters. The van der Waals surface area contributed by atoms with Gasteiger partial charge in [0.1, 0.15) is 6.61 Å². The van der Waals surface area contributed by atoms with E-state index in [9.17, 15) is 9.59 Å². The largest absolute Gasteiger partial charge is 0.462 e. The first kappa shape index (κ1) is 65.3. The molecule has 0 radical (unpaired) electrons. The van der Waals surface area contributed by atoms with Gasteiger partial charge in [-0.2, -0.15) is 0 Å². The number of allylic oxidation sites excluding steroid dienone is 12. The van der Waals surface area contributed by atoms with Gasteiger partial charge in [0.25, 0.3) is 0 Å². The van der Waals surface area contributed by atoms with Crippen LogP contribution in [0.4, 0.5) is 0 Å². The lowest BCUT2D eigenvalue weighted by Crippen LogP contribution is -2.30. The molecule has 0 saturated heterocycles. The summed E-state index contributed by atoms with van der Waals surface area (Å²) in [6.07, 6.45) is 76.5. The zero-order chi connectivity index (χ0) is 49.2. The molecule has 0 aliphatic heterocycles. The standard InChI is InChI=1S/C63H112O5/c1-4-7-10-13-16-19-22-25-27-29-31-33-35-37-40-43-46-49-52-55-58-66-59-61(68-63(65)57-54-51-48-45-42-38-24-21-18-15-12-9-6-3)60-67-62(64)56-53-50-47-44-41-39-36-34-32-30-28-26-23-20-17-14-11-8-5-2/h7,10,16,19,25,27,31,33,37,40,46,49,61H,4-6,8-9,11-15,17-18,20-24,26,28-30,32,34-36,38-39,41-45,47-48,50-60H2,1-3H3/b10-7-,19-16-,27-25-,33-31-,40-37-,49-46-. The number of esters is 2. The first-order chi connectivity index (χ1) is 33.6. The van der Waals surface area contributed by atoms with Crippen molar-refractivity contribution in [2.75, 3.05) is 19.8 Å². The third kappa shape index (κ3) is 55.9. The SMILES string of the molecule is CC/C=C\C/C=C\C/C=C\C/C=C\C/C=C\C/C=C\CCCOCC(COC(=O)CCCCCCCCCCCCCCCCCCCCC)OC(=O)CCCCCCCCCCCCCCC. The summed E-state index contributed by atoms with van der Waals surface area (Å²) in [4.78, 5) is 25.5. The van der Waals surface area contributed by atoms with Crippen LogP contribution in [0.1, 0.15) is 290 Å². The zero-order valence-corrected chi connectivity index (χ0v) is 45.4. The molecule has 1 atom stereocenters. The van der Waals surface area contributed by atoms with Gasteiger partial charge in [-0.3, -0.25) is 9.59 Å². The minimum Gasteiger partial charge on any atom is -0.462 e. The Labute approximate surface area is 423 Å². The Balaban J connectivity index is 4.31. The Kier molecular flexibility index (Phi) is 56.4. The number of carbonyl (C=O) groups excluding carboxylic acids is 2. The molecule has 0 rings (SSSR count). The number of hydrogen-bond acceptors (Lipinski definition) is 5. The Morgan fingerprint density at radius 3 is 1.00 bits per heavy atom. The van der Waals surface area contributed by atoms with Gasteiger partial charge in [0.2, 0.25) is 0 Å². The van der Waals surface area contributed by atoms with Crippen molar-refractivity contribution in [1.29, 1.82) is 0 Å². The van der Waals surface area contributed by atoms with Crippen molar-refractivity contribution in [2.24, 2.45) is 0 Å². The first-order valence-corrected chi connectivity index (χ1v) is 29.5. The lowest BCUT2D eigenvalue weighted by molar-refractivity contribution is -0.163. The van der Waals surface area contributed by atoms with Crippen LogP contribution >= 0.6 is 0 Å². The van der Waals surface area contributed by atoms with Gasteiger partial charge in [-0.25, -0.2) is 0 Å². The predicted molar refractivity (Wildman–Crippen MR) is 297 cm³/mol. The molecule has 394 valence electrons. The molecule has 5 nitrogen and oxygen atoms in total. The van der Waals surface area contributed by atoms with Gasteiger partial charge in [-0.15, -0.1) is 0 Å². The Bertz CT molecular complexity index is 1210. The van der Waals surface area contributed by atoms with E-state index >= 15 is 0 Å². The molecule has 68 heavy (non-hydrogen) atoms. The average molecular weight is 950 g/mol. The maximum atomic E-state index is 12.8. The third-order valence-corrected chi connectivity index (χ3v) is 12.8. The van der Waals surface area contributed by atoms with Crippen LogP contribution < -0.4 is 0 Å². The smallest absolute Gasteiger partial charge is 0.306 e. The summed E-state index contributed by atoms with van der Waals surface area (Å²) in [5.41, 5.74) is 0. The van der Waals surface area contributed by atoms with Gasteiger partial charge < -0.3 is 14.2 Å². The van der Waals surface area contributed by atoms with Gasteiger partial charge in [0.05, 0.1) is 6.61 Å². The maximum absolute atomic E-state index is 12.8. The van der Waals surface area contributed by atoms with Crippen LogP contribution in [-0.4, -0.2) is 37.9 Å². The summed E-state index contributed by atoms with van der Waals surface area (Å²) in [6, 6.07) is 0. The van der Waals surface area contributed by atoms with Crippen LogP contribution in [0.2, 0.25) is 0 Å². The van der Waals surface area contributed by atoms with Crippen molar-refractivity contribution in [1.82, 2.24) is 0 Å². The second kappa shape index (κ2) is 58.7. The van der Waals surface area contributed by atoms with Crippen LogP contribution in [0.3, 0.4) is 0 Å². The first-order valence-electron chi connectivity index (χ1n) is 29.5. The highest BCUT2D eigenvalue weighted by atomic mass is 16.6. The van der Waals surface area contributed by atoms with E-state index in [4.69, 9.17) is 14.2 Å². The van der Waals surface area contributed by atoms with Gasteiger partial charge in [0, 0.05) is 19.4 Å². The van der Waals surface area contributed by atoms with Crippen LogP contribution in [0.25, 0.3) is 0 Å². The molecule has 0 bridgehead atoms. The molecular formula is C63H112O5. The molecule has 0 saturated carbocycles. The molecule has 0 aliphatic carbocycles. The van der Waals surface area contributed by atoms with E-state index in [-0.39, 0.29) is 25.2 Å². The summed E-state index contributed by atoms with van der Waals surface area (Å²) in [5, 5.41) is 0. The molecule has 0 aromatic heterocycles. The van der Waals surface area contributed by atoms with Crippen molar-refractivity contribution in [2.45, 2.75) is 297 Å². The lowest BCUT2D eigenvalue weighted by Gasteiger charge is -2.18. The summed E-state index contributed by atoms with van der Waals surface area (Å²) < 4.78 is 17.4. The predicted octanol–water partition coefficient (Wildman–Crippen LogP) is 20.2. The number of hydrogen-bond donors (Lipinski definition) is 0. The molecule has 0 spiro atoms. The molecule has 0 fully saturated rings. The Morgan fingerprint density at radius 1 is 0.338 bits per heavy atom. The van der Waals surface area contributed by atoms with E-state index in [0.29, 0.717) is 19.4 Å². The van der Waals surface area contributed by atoms with Crippen LogP contribution in [0.15, 0.2) is 72.9 Å². The quantitative estimate of drug-likeness (QED) is 0.0345. The fourth-order valence-corrected chi connectivity index (χ4v) is 8.41. The zero-order valence-electron chi connectivity index (χ0n) is 45.4. The second-order valence-electron chi connectivity index (χ2n) is 19.5. The van der Waals surface area contributed by atoms with E-state index in [2.05, 4.69) is 93.7 Å². The van der Waals surface area contributed by atoms with Crippen molar-refractivity contribution in [3.8, 4) is 0 Å². The van der Waals surface area contributed by atoms with E-state index in [1.165, 1.54) is 180 Å². The molecule has 0 heterocycles. The Morgan fingerprint density at radius 2 is 0.647 bits per heavy atom. The third-order valence-electron chi connectivity index (χ3n) is 12.8. The molecule has 5 heteroatoms. The van der Waals surface area contributed by atoms with Gasteiger partial charge in [-0.1, -0.05) is 286 Å². The summed E-state index contributed by atoms with van der Waals surface area (Å²) in [6.45, 7) is 7.62. The van der Waals surface area contributed by atoms with E-state index < -0.39 is 6.10 Å². The van der Waals surface area contributed by atoms with Gasteiger partial charge >= 0.3 is 11.9 Å². The molecule has 0 aromatic carbocycles. The molecule has 0 aromatic rings. The molecule has 0 aliphatic rings. The average Bonchev–Trinajstić information content (AvgIpc) is 3.34. The highest BCUT2D eigenvalue weighted by Gasteiger charge is 2.17. The summed E-state index contributed by atoms with van der Waals surface area (Å²) in [7, 11) is 0. The van der Waals surface area contributed by atoms with E-state index in [0.717, 1.165) is 77.0 Å². The van der Waals surface area contributed by atoms with Crippen LogP contribution in [0, 0.1) is 0 Å². The fraction of sp³-hybridized carbons (Fsp3) is 0.778. The van der Waals surface area contributed by atoms with Crippen molar-refractivity contribution in [3.63, 3.8) is 0 Å². The maximum Gasteiger partial charge on any atom is 0.306 e. The summed E-state index contributed by atoms with van der Waals surface area (Å²) >= 11 is 0. The van der Waals surface area contributed by atoms with Crippen LogP contribution in [0.5, 0.6) is 0 Å². The number of rotatable bonds is 54. The molecule has 0 N–H and O–H groups in total. The molecular weight excluding hydrogens is 837 g/mol. The Hall–Kier alpha value is -2.66. The minimum atomic E-state index is -0.565. The summed E-state index contributed by atoms with van der Waals surface area (Å²) in [5.74, 6) is -0.415. The second-order valence-corrected chi connectivity index (χ2v) is 19.5. The molecule has 0 amide bonds.